The summed E-state index contributed by atoms with van der Waals surface area (Å²) in [5.41, 5.74) is 4.68. The first-order valence-electron chi connectivity index (χ1n) is 14.0. The number of aliphatic carboxylic acids is 1. The minimum absolute atomic E-state index is 0.00391. The first kappa shape index (κ1) is 28.3. The molecular weight excluding hydrogens is 525 g/mol. The van der Waals surface area contributed by atoms with Crippen molar-refractivity contribution < 1.29 is 33.4 Å². The third kappa shape index (κ3) is 5.56. The van der Waals surface area contributed by atoms with Gasteiger partial charge in [-0.2, -0.15) is 0 Å². The Morgan fingerprint density at radius 1 is 1.05 bits per heavy atom. The van der Waals surface area contributed by atoms with E-state index in [0.29, 0.717) is 73.2 Å². The van der Waals surface area contributed by atoms with Crippen LogP contribution in [0.15, 0.2) is 71.6 Å². The molecular formula is C33H34FNO6. The molecule has 8 heteroatoms. The Balaban J connectivity index is 1.64. The predicted molar refractivity (Wildman–Crippen MR) is 151 cm³/mol. The lowest BCUT2D eigenvalue weighted by atomic mass is 9.70. The Morgan fingerprint density at radius 2 is 1.71 bits per heavy atom. The number of nitrogens with zero attached hydrogens (tertiary/aromatic N) is 1. The summed E-state index contributed by atoms with van der Waals surface area (Å²) in [6, 6.07) is 10.1. The van der Waals surface area contributed by atoms with Gasteiger partial charge in [0.15, 0.2) is 23.1 Å². The van der Waals surface area contributed by atoms with Crippen LogP contribution >= 0.6 is 0 Å². The van der Waals surface area contributed by atoms with Crippen LogP contribution in [-0.2, 0) is 27.4 Å². The van der Waals surface area contributed by atoms with Gasteiger partial charge in [-0.25, -0.2) is 4.39 Å². The van der Waals surface area contributed by atoms with Crippen LogP contribution in [0, 0.1) is 5.82 Å². The topological polar surface area (TPSA) is 93.1 Å². The number of allylic oxidation sites excluding steroid dienone is 5. The van der Waals surface area contributed by atoms with Crippen molar-refractivity contribution in [1.82, 2.24) is 4.90 Å². The Hall–Kier alpha value is -4.20. The van der Waals surface area contributed by atoms with E-state index in [1.807, 2.05) is 11.0 Å². The number of methoxy groups -OCH3 is 1. The van der Waals surface area contributed by atoms with Gasteiger partial charge in [0.05, 0.1) is 13.5 Å². The van der Waals surface area contributed by atoms with Crippen molar-refractivity contribution in [2.75, 3.05) is 13.7 Å². The molecule has 0 spiro atoms. The van der Waals surface area contributed by atoms with E-state index in [-0.39, 0.29) is 37.0 Å². The molecule has 2 aromatic carbocycles. The minimum atomic E-state index is -0.925. The van der Waals surface area contributed by atoms with Gasteiger partial charge in [0, 0.05) is 59.0 Å². The molecule has 0 amide bonds. The van der Waals surface area contributed by atoms with E-state index in [1.54, 1.807) is 30.3 Å². The van der Waals surface area contributed by atoms with E-state index >= 15 is 0 Å². The molecule has 0 saturated carbocycles. The highest BCUT2D eigenvalue weighted by atomic mass is 19.1. The maximum Gasteiger partial charge on any atom is 0.305 e. The van der Waals surface area contributed by atoms with Gasteiger partial charge >= 0.3 is 5.97 Å². The number of Topliss-reactive ketones (excluding diaryl/α,β-unsaturated/α-hetero) is 2. The Morgan fingerprint density at radius 3 is 2.29 bits per heavy atom. The van der Waals surface area contributed by atoms with Crippen LogP contribution in [0.5, 0.6) is 11.5 Å². The molecule has 7 nitrogen and oxygen atoms in total. The number of carbonyl (C=O) groups excluding carboxylic acids is 2. The molecule has 3 aliphatic rings. The first-order valence-corrected chi connectivity index (χ1v) is 14.0. The maximum atomic E-state index is 14.3. The van der Waals surface area contributed by atoms with Crippen molar-refractivity contribution in [3.05, 3.63) is 94.1 Å². The van der Waals surface area contributed by atoms with E-state index < -0.39 is 11.9 Å². The highest BCUT2D eigenvalue weighted by Gasteiger charge is 2.43. The fourth-order valence-corrected chi connectivity index (χ4v) is 6.27. The standard InChI is InChI=1S/C33H34FNO6/c1-3-8-20-17-22(18-28(40-2)33(20)41-19-21-9-4-5-10-23(21)34)30-31-24(11-6-13-26(31)36)35(16-15-29(38)39)25-12-7-14-27(37)32(25)30/h3-5,9-10,17-18,30H,1,6-8,11-16,19H2,2H3,(H,38,39). The molecule has 41 heavy (non-hydrogen) atoms. The van der Waals surface area contributed by atoms with Gasteiger partial charge in [-0.15, -0.1) is 6.58 Å². The second kappa shape index (κ2) is 12.1. The summed E-state index contributed by atoms with van der Waals surface area (Å²) in [6.45, 7) is 4.10. The van der Waals surface area contributed by atoms with Gasteiger partial charge in [0.25, 0.3) is 0 Å². The summed E-state index contributed by atoms with van der Waals surface area (Å²) in [6.07, 6.45) is 5.46. The molecule has 2 aliphatic carbocycles. The van der Waals surface area contributed by atoms with Gasteiger partial charge in [0.1, 0.15) is 12.4 Å². The predicted octanol–water partition coefficient (Wildman–Crippen LogP) is 6.03. The van der Waals surface area contributed by atoms with Crippen LogP contribution in [0.2, 0.25) is 0 Å². The van der Waals surface area contributed by atoms with E-state index in [4.69, 9.17) is 9.47 Å². The van der Waals surface area contributed by atoms with Crippen LogP contribution in [0.3, 0.4) is 0 Å². The molecule has 5 rings (SSSR count). The normalized spacial score (nSPS) is 17.4. The van der Waals surface area contributed by atoms with Crippen molar-refractivity contribution in [2.24, 2.45) is 0 Å². The fourth-order valence-electron chi connectivity index (χ4n) is 6.27. The second-order valence-electron chi connectivity index (χ2n) is 10.6. The third-order valence-electron chi connectivity index (χ3n) is 8.04. The summed E-state index contributed by atoms with van der Waals surface area (Å²) in [7, 11) is 1.52. The lowest BCUT2D eigenvalue weighted by molar-refractivity contribution is -0.137. The van der Waals surface area contributed by atoms with Crippen molar-refractivity contribution >= 4 is 17.5 Å². The Bertz CT molecular complexity index is 1430. The summed E-state index contributed by atoms with van der Waals surface area (Å²) in [5, 5.41) is 9.42. The average Bonchev–Trinajstić information content (AvgIpc) is 2.95. The quantitative estimate of drug-likeness (QED) is 0.355. The van der Waals surface area contributed by atoms with Gasteiger partial charge in [-0.3, -0.25) is 14.4 Å². The smallest absolute Gasteiger partial charge is 0.305 e. The van der Waals surface area contributed by atoms with E-state index in [0.717, 1.165) is 22.5 Å². The molecule has 1 N–H and O–H groups in total. The molecule has 1 aliphatic heterocycles. The van der Waals surface area contributed by atoms with Crippen LogP contribution in [0.4, 0.5) is 4.39 Å². The number of rotatable bonds is 10. The van der Waals surface area contributed by atoms with Gasteiger partial charge in [0.2, 0.25) is 0 Å². The van der Waals surface area contributed by atoms with Gasteiger partial charge in [-0.1, -0.05) is 30.3 Å². The minimum Gasteiger partial charge on any atom is -0.493 e. The molecule has 214 valence electrons. The number of carboxylic acids is 1. The van der Waals surface area contributed by atoms with E-state index in [9.17, 15) is 23.9 Å². The molecule has 0 unspecified atom stereocenters. The van der Waals surface area contributed by atoms with Crippen LogP contribution in [0.25, 0.3) is 0 Å². The van der Waals surface area contributed by atoms with Crippen molar-refractivity contribution in [2.45, 2.75) is 63.9 Å². The van der Waals surface area contributed by atoms with Crippen LogP contribution in [0.1, 0.15) is 67.6 Å². The average molecular weight is 560 g/mol. The second-order valence-corrected chi connectivity index (χ2v) is 10.6. The highest BCUT2D eigenvalue weighted by molar-refractivity contribution is 6.06. The van der Waals surface area contributed by atoms with Gasteiger partial charge < -0.3 is 19.5 Å². The molecule has 0 radical (unpaired) electrons. The number of hydrogen-bond donors (Lipinski definition) is 1. The zero-order valence-corrected chi connectivity index (χ0v) is 23.2. The monoisotopic (exact) mass is 559 g/mol. The molecule has 1 heterocycles. The molecule has 0 bridgehead atoms. The van der Waals surface area contributed by atoms with Crippen LogP contribution < -0.4 is 9.47 Å². The molecule has 2 aromatic rings. The SMILES string of the molecule is C=CCc1cc(C2C3=C(CCCC3=O)N(CCC(=O)O)C3=C2C(=O)CCC3)cc(OC)c1OCc1ccccc1F. The van der Waals surface area contributed by atoms with Gasteiger partial charge in [-0.05, 0) is 49.8 Å². The summed E-state index contributed by atoms with van der Waals surface area (Å²) < 4.78 is 26.2. The van der Waals surface area contributed by atoms with Crippen molar-refractivity contribution in [3.8, 4) is 11.5 Å². The number of carbonyl (C=O) groups is 3. The van der Waals surface area contributed by atoms with Crippen LogP contribution in [-0.4, -0.2) is 41.2 Å². The molecule has 0 atom stereocenters. The molecule has 0 saturated heterocycles. The number of halogens is 1. The first-order chi connectivity index (χ1) is 19.8. The lowest BCUT2D eigenvalue weighted by Crippen LogP contribution is -2.40. The molecule has 0 aromatic heterocycles. The summed E-state index contributed by atoms with van der Waals surface area (Å²) >= 11 is 0. The number of carboxylic acid groups (broad SMARTS) is 1. The number of hydrogen-bond acceptors (Lipinski definition) is 6. The molecule has 0 fully saturated rings. The number of ketones is 2. The summed E-state index contributed by atoms with van der Waals surface area (Å²) in [5.74, 6) is -1.05. The summed E-state index contributed by atoms with van der Waals surface area (Å²) in [4.78, 5) is 40.6. The Kier molecular flexibility index (Phi) is 8.38. The fraction of sp³-hybridized carbons (Fsp3) is 0.364. The number of benzene rings is 2. The lowest BCUT2D eigenvalue weighted by Gasteiger charge is -2.44. The highest BCUT2D eigenvalue weighted by Crippen LogP contribution is 2.50. The zero-order valence-electron chi connectivity index (χ0n) is 23.2. The zero-order chi connectivity index (χ0) is 29.1. The van der Waals surface area contributed by atoms with E-state index in [2.05, 4.69) is 6.58 Å². The van der Waals surface area contributed by atoms with E-state index in [1.165, 1.54) is 13.2 Å². The van der Waals surface area contributed by atoms with Crippen molar-refractivity contribution in [1.29, 1.82) is 0 Å². The van der Waals surface area contributed by atoms with Crippen molar-refractivity contribution in [3.63, 3.8) is 0 Å². The maximum absolute atomic E-state index is 14.3. The Labute approximate surface area is 238 Å². The third-order valence-corrected chi connectivity index (χ3v) is 8.04. The largest absolute Gasteiger partial charge is 0.493 e. The number of ether oxygens (including phenoxy) is 2.